The molecule has 2 nitrogen and oxygen atoms in total. The van der Waals surface area contributed by atoms with Crippen LogP contribution in [0.25, 0.3) is 0 Å². The summed E-state index contributed by atoms with van der Waals surface area (Å²) in [5.41, 5.74) is 0. The lowest BCUT2D eigenvalue weighted by atomic mass is 9.76. The molecule has 1 heterocycles. The molecular weight excluding hydrogens is 222 g/mol. The molecule has 2 aliphatic carbocycles. The molecule has 3 rings (SSSR count). The highest BCUT2D eigenvalue weighted by Crippen LogP contribution is 2.50. The first-order valence-electron chi connectivity index (χ1n) is 8.19. The predicted molar refractivity (Wildman–Crippen MR) is 74.6 cm³/mol. The summed E-state index contributed by atoms with van der Waals surface area (Å²) >= 11 is 0. The summed E-state index contributed by atoms with van der Waals surface area (Å²) in [6, 6.07) is 0.751. The number of fused-ring (bicyclic) bond motifs is 2. The van der Waals surface area contributed by atoms with Crippen molar-refractivity contribution >= 4 is 0 Å². The van der Waals surface area contributed by atoms with E-state index in [0.29, 0.717) is 0 Å². The van der Waals surface area contributed by atoms with Crippen LogP contribution in [0.2, 0.25) is 0 Å². The van der Waals surface area contributed by atoms with Gasteiger partial charge >= 0.3 is 0 Å². The molecule has 0 spiro atoms. The molecule has 1 N–H and O–H groups in total. The maximum absolute atomic E-state index is 5.74. The van der Waals surface area contributed by atoms with Crippen LogP contribution < -0.4 is 5.32 Å². The molecule has 0 aromatic heterocycles. The van der Waals surface area contributed by atoms with E-state index in [1.807, 2.05) is 0 Å². The van der Waals surface area contributed by atoms with Gasteiger partial charge in [0.1, 0.15) is 0 Å². The highest BCUT2D eigenvalue weighted by atomic mass is 16.5. The van der Waals surface area contributed by atoms with E-state index in [9.17, 15) is 0 Å². The minimum atomic E-state index is 0.751. The van der Waals surface area contributed by atoms with Crippen molar-refractivity contribution in [3.05, 3.63) is 0 Å². The van der Waals surface area contributed by atoms with Crippen molar-refractivity contribution in [2.75, 3.05) is 19.8 Å². The number of nitrogens with one attached hydrogen (secondary N) is 1. The van der Waals surface area contributed by atoms with Gasteiger partial charge in [-0.1, -0.05) is 13.3 Å². The Hall–Kier alpha value is -0.0800. The average molecular weight is 251 g/mol. The molecule has 0 amide bonds. The maximum atomic E-state index is 5.74. The SMILES string of the molecule is CCCNC(C1CCCOC1)C1CC2CCC1C2. The summed E-state index contributed by atoms with van der Waals surface area (Å²) in [6.07, 6.45) is 9.97. The third-order valence-corrected chi connectivity index (χ3v) is 5.59. The van der Waals surface area contributed by atoms with Gasteiger partial charge in [-0.25, -0.2) is 0 Å². The standard InChI is InChI=1S/C16H29NO/c1-2-7-17-16(14-4-3-8-18-11-14)15-10-12-5-6-13(15)9-12/h12-17H,2-11H2,1H3. The molecule has 5 unspecified atom stereocenters. The van der Waals surface area contributed by atoms with Gasteiger partial charge in [0, 0.05) is 12.6 Å². The summed E-state index contributed by atoms with van der Waals surface area (Å²) in [7, 11) is 0. The molecule has 3 fully saturated rings. The first kappa shape index (κ1) is 12.9. The lowest BCUT2D eigenvalue weighted by Crippen LogP contribution is -2.47. The second-order valence-electron chi connectivity index (χ2n) is 6.80. The first-order chi connectivity index (χ1) is 8.88. The van der Waals surface area contributed by atoms with Crippen LogP contribution in [-0.2, 0) is 4.74 Å². The topological polar surface area (TPSA) is 21.3 Å². The lowest BCUT2D eigenvalue weighted by molar-refractivity contribution is 0.0222. The zero-order valence-electron chi connectivity index (χ0n) is 11.9. The largest absolute Gasteiger partial charge is 0.381 e. The zero-order chi connectivity index (χ0) is 12.4. The van der Waals surface area contributed by atoms with E-state index < -0.39 is 0 Å². The third kappa shape index (κ3) is 2.60. The van der Waals surface area contributed by atoms with E-state index in [1.165, 1.54) is 51.5 Å². The summed E-state index contributed by atoms with van der Waals surface area (Å²) < 4.78 is 5.74. The lowest BCUT2D eigenvalue weighted by Gasteiger charge is -2.38. The van der Waals surface area contributed by atoms with Gasteiger partial charge in [-0.15, -0.1) is 0 Å². The fourth-order valence-electron chi connectivity index (χ4n) is 4.76. The predicted octanol–water partition coefficient (Wildman–Crippen LogP) is 3.22. The van der Waals surface area contributed by atoms with Crippen LogP contribution in [0.5, 0.6) is 0 Å². The van der Waals surface area contributed by atoms with Crippen molar-refractivity contribution in [2.45, 2.75) is 57.9 Å². The maximum Gasteiger partial charge on any atom is 0.0509 e. The molecule has 2 bridgehead atoms. The normalized spacial score (nSPS) is 41.2. The van der Waals surface area contributed by atoms with Crippen LogP contribution in [0.4, 0.5) is 0 Å². The average Bonchev–Trinajstić information content (AvgIpc) is 3.03. The minimum Gasteiger partial charge on any atom is -0.381 e. The highest BCUT2D eigenvalue weighted by molar-refractivity contribution is 4.97. The van der Waals surface area contributed by atoms with Crippen molar-refractivity contribution in [2.24, 2.45) is 23.7 Å². The van der Waals surface area contributed by atoms with Crippen molar-refractivity contribution in [3.63, 3.8) is 0 Å². The number of ether oxygens (including phenoxy) is 1. The van der Waals surface area contributed by atoms with Crippen LogP contribution in [-0.4, -0.2) is 25.8 Å². The van der Waals surface area contributed by atoms with Crippen molar-refractivity contribution in [3.8, 4) is 0 Å². The zero-order valence-corrected chi connectivity index (χ0v) is 11.9. The van der Waals surface area contributed by atoms with Crippen LogP contribution in [0, 0.1) is 23.7 Å². The summed E-state index contributed by atoms with van der Waals surface area (Å²) in [5, 5.41) is 3.89. The molecule has 1 saturated heterocycles. The van der Waals surface area contributed by atoms with E-state index in [2.05, 4.69) is 12.2 Å². The molecule has 0 radical (unpaired) electrons. The van der Waals surface area contributed by atoms with Crippen molar-refractivity contribution in [1.82, 2.24) is 5.32 Å². The molecule has 18 heavy (non-hydrogen) atoms. The molecule has 2 saturated carbocycles. The fourth-order valence-corrected chi connectivity index (χ4v) is 4.76. The molecule has 2 heteroatoms. The fraction of sp³-hybridized carbons (Fsp3) is 1.00. The smallest absolute Gasteiger partial charge is 0.0509 e. The first-order valence-corrected chi connectivity index (χ1v) is 8.19. The Morgan fingerprint density at radius 1 is 1.22 bits per heavy atom. The van der Waals surface area contributed by atoms with Gasteiger partial charge in [0.15, 0.2) is 0 Å². The number of rotatable bonds is 5. The molecule has 5 atom stereocenters. The molecule has 0 aromatic rings. The Kier molecular flexibility index (Phi) is 4.25. The van der Waals surface area contributed by atoms with Gasteiger partial charge in [-0.2, -0.15) is 0 Å². The van der Waals surface area contributed by atoms with Crippen LogP contribution >= 0.6 is 0 Å². The Bertz CT molecular complexity index is 262. The second-order valence-corrected chi connectivity index (χ2v) is 6.80. The van der Waals surface area contributed by atoms with Crippen molar-refractivity contribution < 1.29 is 4.74 Å². The van der Waals surface area contributed by atoms with Gasteiger partial charge in [-0.05, 0) is 68.7 Å². The molecule has 104 valence electrons. The van der Waals surface area contributed by atoms with Crippen molar-refractivity contribution in [1.29, 1.82) is 0 Å². The van der Waals surface area contributed by atoms with E-state index in [4.69, 9.17) is 4.74 Å². The molecule has 3 aliphatic rings. The number of hydrogen-bond donors (Lipinski definition) is 1. The monoisotopic (exact) mass is 251 g/mol. The highest BCUT2D eigenvalue weighted by Gasteiger charge is 2.45. The Labute approximate surface area is 112 Å². The van der Waals surface area contributed by atoms with Crippen LogP contribution in [0.1, 0.15) is 51.9 Å². The van der Waals surface area contributed by atoms with Crippen LogP contribution in [0.3, 0.4) is 0 Å². The van der Waals surface area contributed by atoms with Gasteiger partial charge in [0.05, 0.1) is 6.61 Å². The molecule has 0 aromatic carbocycles. The molecule has 1 aliphatic heterocycles. The van der Waals surface area contributed by atoms with E-state index in [1.54, 1.807) is 0 Å². The van der Waals surface area contributed by atoms with E-state index in [0.717, 1.165) is 42.9 Å². The van der Waals surface area contributed by atoms with E-state index >= 15 is 0 Å². The number of hydrogen-bond acceptors (Lipinski definition) is 2. The Balaban J connectivity index is 1.64. The Morgan fingerprint density at radius 3 is 2.78 bits per heavy atom. The van der Waals surface area contributed by atoms with Gasteiger partial charge < -0.3 is 10.1 Å². The van der Waals surface area contributed by atoms with E-state index in [-0.39, 0.29) is 0 Å². The summed E-state index contributed by atoms with van der Waals surface area (Å²) in [4.78, 5) is 0. The minimum absolute atomic E-state index is 0.751. The third-order valence-electron chi connectivity index (χ3n) is 5.59. The molecular formula is C16H29NO. The van der Waals surface area contributed by atoms with Gasteiger partial charge in [-0.3, -0.25) is 0 Å². The quantitative estimate of drug-likeness (QED) is 0.810. The Morgan fingerprint density at radius 2 is 2.17 bits per heavy atom. The van der Waals surface area contributed by atoms with Gasteiger partial charge in [0.2, 0.25) is 0 Å². The second kappa shape index (κ2) is 5.92. The van der Waals surface area contributed by atoms with Gasteiger partial charge in [0.25, 0.3) is 0 Å². The summed E-state index contributed by atoms with van der Waals surface area (Å²) in [5.74, 6) is 3.85. The van der Waals surface area contributed by atoms with Crippen LogP contribution in [0.15, 0.2) is 0 Å². The summed E-state index contributed by atoms with van der Waals surface area (Å²) in [6.45, 7) is 5.47.